The number of nitrogens with one attached hydrogen (secondary N) is 1. The molecule has 0 bridgehead atoms. The normalized spacial score (nSPS) is 13.9. The van der Waals surface area contributed by atoms with E-state index in [2.05, 4.69) is 12.2 Å². The van der Waals surface area contributed by atoms with Gasteiger partial charge in [0.2, 0.25) is 0 Å². The fourth-order valence-corrected chi connectivity index (χ4v) is 0.413. The second-order valence-electron chi connectivity index (χ2n) is 1.73. The van der Waals surface area contributed by atoms with Crippen molar-refractivity contribution in [3.8, 4) is 0 Å². The number of rotatable bonds is 4. The summed E-state index contributed by atoms with van der Waals surface area (Å²) in [5, 5.41) is 11.7. The Labute approximate surface area is 50.9 Å². The van der Waals surface area contributed by atoms with Crippen LogP contribution in [0.25, 0.3) is 0 Å². The Morgan fingerprint density at radius 1 is 1.75 bits per heavy atom. The molecule has 0 saturated heterocycles. The molecule has 0 rings (SSSR count). The SMILES string of the molecule is [CH2]CCNC(O)CC. The lowest BCUT2D eigenvalue weighted by atomic mass is 10.4. The third-order valence-corrected chi connectivity index (χ3v) is 0.943. The zero-order valence-corrected chi connectivity index (χ0v) is 5.35. The van der Waals surface area contributed by atoms with Crippen molar-refractivity contribution in [2.24, 2.45) is 0 Å². The van der Waals surface area contributed by atoms with E-state index in [0.29, 0.717) is 0 Å². The van der Waals surface area contributed by atoms with E-state index in [9.17, 15) is 0 Å². The molecule has 0 aliphatic heterocycles. The van der Waals surface area contributed by atoms with E-state index in [1.807, 2.05) is 6.92 Å². The molecular formula is C6H14NO. The van der Waals surface area contributed by atoms with Crippen LogP contribution in [0.5, 0.6) is 0 Å². The highest BCUT2D eigenvalue weighted by Crippen LogP contribution is 1.82. The molecule has 0 aliphatic carbocycles. The van der Waals surface area contributed by atoms with Crippen molar-refractivity contribution in [3.63, 3.8) is 0 Å². The lowest BCUT2D eigenvalue weighted by Crippen LogP contribution is -2.28. The van der Waals surface area contributed by atoms with Gasteiger partial charge in [-0.3, -0.25) is 5.32 Å². The summed E-state index contributed by atoms with van der Waals surface area (Å²) in [5.74, 6) is 0. The first-order valence-corrected chi connectivity index (χ1v) is 3.02. The predicted octanol–water partition coefficient (Wildman–Crippen LogP) is 0.529. The molecule has 0 saturated carbocycles. The van der Waals surface area contributed by atoms with Gasteiger partial charge in [-0.15, -0.1) is 0 Å². The average Bonchev–Trinajstić information content (AvgIpc) is 1.83. The Kier molecular flexibility index (Phi) is 5.01. The van der Waals surface area contributed by atoms with Gasteiger partial charge in [0.15, 0.2) is 0 Å². The van der Waals surface area contributed by atoms with Gasteiger partial charge in [-0.2, -0.15) is 0 Å². The smallest absolute Gasteiger partial charge is 0.104 e. The summed E-state index contributed by atoms with van der Waals surface area (Å²) >= 11 is 0. The number of aliphatic hydroxyl groups is 1. The first kappa shape index (κ1) is 7.92. The van der Waals surface area contributed by atoms with Crippen LogP contribution in [0.4, 0.5) is 0 Å². The molecule has 2 heteroatoms. The summed E-state index contributed by atoms with van der Waals surface area (Å²) < 4.78 is 0. The minimum atomic E-state index is -0.336. The van der Waals surface area contributed by atoms with Gasteiger partial charge in [-0.1, -0.05) is 13.8 Å². The zero-order valence-electron chi connectivity index (χ0n) is 5.35. The van der Waals surface area contributed by atoms with Crippen LogP contribution in [0, 0.1) is 6.92 Å². The first-order chi connectivity index (χ1) is 3.81. The van der Waals surface area contributed by atoms with Crippen molar-refractivity contribution in [1.82, 2.24) is 5.32 Å². The molecule has 0 amide bonds. The van der Waals surface area contributed by atoms with Crippen LogP contribution in [-0.4, -0.2) is 17.9 Å². The molecule has 0 fully saturated rings. The molecule has 0 spiro atoms. The molecule has 0 aromatic rings. The number of aliphatic hydroxyl groups excluding tert-OH is 1. The largest absolute Gasteiger partial charge is 0.379 e. The van der Waals surface area contributed by atoms with E-state index in [0.717, 1.165) is 19.4 Å². The maximum Gasteiger partial charge on any atom is 0.104 e. The second-order valence-corrected chi connectivity index (χ2v) is 1.73. The highest BCUT2D eigenvalue weighted by molar-refractivity contribution is 4.50. The van der Waals surface area contributed by atoms with Gasteiger partial charge in [0.05, 0.1) is 0 Å². The average molecular weight is 116 g/mol. The van der Waals surface area contributed by atoms with E-state index < -0.39 is 0 Å². The monoisotopic (exact) mass is 116 g/mol. The molecule has 0 aromatic carbocycles. The third kappa shape index (κ3) is 4.09. The van der Waals surface area contributed by atoms with E-state index in [1.54, 1.807) is 0 Å². The summed E-state index contributed by atoms with van der Waals surface area (Å²) in [7, 11) is 0. The minimum absolute atomic E-state index is 0.336. The van der Waals surface area contributed by atoms with E-state index >= 15 is 0 Å². The maximum atomic E-state index is 8.85. The molecule has 0 aliphatic rings. The van der Waals surface area contributed by atoms with Gasteiger partial charge in [0.25, 0.3) is 0 Å². The van der Waals surface area contributed by atoms with E-state index in [4.69, 9.17) is 5.11 Å². The molecule has 1 unspecified atom stereocenters. The lowest BCUT2D eigenvalue weighted by Gasteiger charge is -2.07. The summed E-state index contributed by atoms with van der Waals surface area (Å²) in [6, 6.07) is 0. The van der Waals surface area contributed by atoms with Gasteiger partial charge in [0.1, 0.15) is 6.23 Å². The van der Waals surface area contributed by atoms with Crippen LogP contribution in [0.1, 0.15) is 19.8 Å². The predicted molar refractivity (Wildman–Crippen MR) is 34.3 cm³/mol. The summed E-state index contributed by atoms with van der Waals surface area (Å²) in [6.45, 7) is 6.35. The molecule has 2 nitrogen and oxygen atoms in total. The molecule has 1 atom stereocenters. The maximum absolute atomic E-state index is 8.85. The lowest BCUT2D eigenvalue weighted by molar-refractivity contribution is 0.134. The highest BCUT2D eigenvalue weighted by Gasteiger charge is 1.93. The van der Waals surface area contributed by atoms with Crippen molar-refractivity contribution >= 4 is 0 Å². The zero-order chi connectivity index (χ0) is 6.41. The van der Waals surface area contributed by atoms with Crippen LogP contribution < -0.4 is 5.32 Å². The topological polar surface area (TPSA) is 32.3 Å². The minimum Gasteiger partial charge on any atom is -0.379 e. The molecular weight excluding hydrogens is 102 g/mol. The van der Waals surface area contributed by atoms with Crippen molar-refractivity contribution in [2.45, 2.75) is 26.0 Å². The Bertz CT molecular complexity index is 47.8. The summed E-state index contributed by atoms with van der Waals surface area (Å²) in [5.41, 5.74) is 0. The number of hydrogen-bond donors (Lipinski definition) is 2. The van der Waals surface area contributed by atoms with E-state index in [1.165, 1.54) is 0 Å². The van der Waals surface area contributed by atoms with Crippen LogP contribution in [0.15, 0.2) is 0 Å². The van der Waals surface area contributed by atoms with Crippen LogP contribution in [-0.2, 0) is 0 Å². The summed E-state index contributed by atoms with van der Waals surface area (Å²) in [4.78, 5) is 0. The Morgan fingerprint density at radius 3 is 2.75 bits per heavy atom. The van der Waals surface area contributed by atoms with Crippen molar-refractivity contribution < 1.29 is 5.11 Å². The summed E-state index contributed by atoms with van der Waals surface area (Å²) in [6.07, 6.45) is 1.26. The van der Waals surface area contributed by atoms with Crippen LogP contribution >= 0.6 is 0 Å². The van der Waals surface area contributed by atoms with Crippen molar-refractivity contribution in [1.29, 1.82) is 0 Å². The number of hydrogen-bond acceptors (Lipinski definition) is 2. The van der Waals surface area contributed by atoms with Gasteiger partial charge < -0.3 is 5.11 Å². The fraction of sp³-hybridized carbons (Fsp3) is 0.833. The van der Waals surface area contributed by atoms with Crippen molar-refractivity contribution in [2.75, 3.05) is 6.54 Å². The molecule has 0 aromatic heterocycles. The fourth-order valence-electron chi connectivity index (χ4n) is 0.413. The highest BCUT2D eigenvalue weighted by atomic mass is 16.3. The quantitative estimate of drug-likeness (QED) is 0.525. The van der Waals surface area contributed by atoms with Crippen LogP contribution in [0.2, 0.25) is 0 Å². The van der Waals surface area contributed by atoms with E-state index in [-0.39, 0.29) is 6.23 Å². The molecule has 2 N–H and O–H groups in total. The Balaban J connectivity index is 2.86. The van der Waals surface area contributed by atoms with Gasteiger partial charge in [0, 0.05) is 0 Å². The Hall–Kier alpha value is -0.0800. The van der Waals surface area contributed by atoms with Gasteiger partial charge in [-0.05, 0) is 19.4 Å². The molecule has 0 heterocycles. The second kappa shape index (κ2) is 5.06. The molecule has 8 heavy (non-hydrogen) atoms. The van der Waals surface area contributed by atoms with Crippen molar-refractivity contribution in [3.05, 3.63) is 6.92 Å². The van der Waals surface area contributed by atoms with Gasteiger partial charge >= 0.3 is 0 Å². The van der Waals surface area contributed by atoms with Crippen LogP contribution in [0.3, 0.4) is 0 Å². The molecule has 49 valence electrons. The third-order valence-electron chi connectivity index (χ3n) is 0.943. The molecule has 1 radical (unpaired) electrons. The van der Waals surface area contributed by atoms with Gasteiger partial charge in [-0.25, -0.2) is 0 Å². The Morgan fingerprint density at radius 2 is 2.38 bits per heavy atom. The first-order valence-electron chi connectivity index (χ1n) is 3.02. The standard InChI is InChI=1S/C6H14NO/c1-3-5-7-6(8)4-2/h6-8H,1,3-5H2,2H3.